The van der Waals surface area contributed by atoms with Crippen molar-refractivity contribution in [2.75, 3.05) is 25.5 Å². The average molecular weight is 442 g/mol. The number of anilines is 1. The third-order valence-corrected chi connectivity index (χ3v) is 4.92. The van der Waals surface area contributed by atoms with Gasteiger partial charge in [-0.05, 0) is 51.1 Å². The summed E-state index contributed by atoms with van der Waals surface area (Å²) in [7, 11) is 1.55. The van der Waals surface area contributed by atoms with E-state index < -0.39 is 5.91 Å². The second kappa shape index (κ2) is 9.61. The van der Waals surface area contributed by atoms with Crippen LogP contribution in [-0.2, 0) is 4.79 Å². The topological polar surface area (TPSA) is 89.4 Å². The highest BCUT2D eigenvalue weighted by Gasteiger charge is 2.22. The van der Waals surface area contributed by atoms with Crippen molar-refractivity contribution < 1.29 is 14.3 Å². The molecule has 162 valence electrons. The molecule has 2 heterocycles. The summed E-state index contributed by atoms with van der Waals surface area (Å²) in [6, 6.07) is 12.2. The third-order valence-electron chi connectivity index (χ3n) is 4.62. The number of aromatic nitrogens is 3. The predicted octanol–water partition coefficient (Wildman–Crippen LogP) is 3.65. The number of nitrogens with zero attached hydrogens (tertiary/aromatic N) is 4. The summed E-state index contributed by atoms with van der Waals surface area (Å²) >= 11 is 6.27. The van der Waals surface area contributed by atoms with Crippen LogP contribution >= 0.6 is 11.6 Å². The Morgan fingerprint density at radius 1 is 1.19 bits per heavy atom. The van der Waals surface area contributed by atoms with E-state index in [0.29, 0.717) is 23.8 Å². The van der Waals surface area contributed by atoms with Gasteiger partial charge < -0.3 is 15.0 Å². The number of halogens is 1. The number of amides is 2. The summed E-state index contributed by atoms with van der Waals surface area (Å²) in [6.45, 7) is 5.74. The highest BCUT2D eigenvalue weighted by atomic mass is 35.5. The molecular formula is C22H24ClN5O3. The number of likely N-dealkylation sites (N-methyl/N-ethyl adjacent to an activating group) is 1. The molecule has 0 bridgehead atoms. The molecule has 2 aromatic heterocycles. The van der Waals surface area contributed by atoms with E-state index in [1.807, 2.05) is 19.9 Å². The van der Waals surface area contributed by atoms with Gasteiger partial charge in [-0.1, -0.05) is 17.7 Å². The molecule has 0 aliphatic heterocycles. The maximum atomic E-state index is 13.1. The van der Waals surface area contributed by atoms with Gasteiger partial charge in [0.1, 0.15) is 18.0 Å². The molecule has 0 radical (unpaired) electrons. The van der Waals surface area contributed by atoms with Crippen molar-refractivity contribution in [2.24, 2.45) is 0 Å². The van der Waals surface area contributed by atoms with Crippen LogP contribution in [0.2, 0.25) is 5.02 Å². The molecule has 3 rings (SSSR count). The molecule has 1 aromatic carbocycles. The minimum atomic E-state index is -0.434. The van der Waals surface area contributed by atoms with Crippen LogP contribution in [-0.4, -0.2) is 51.7 Å². The number of hydrogen-bond acceptors (Lipinski definition) is 5. The fourth-order valence-electron chi connectivity index (χ4n) is 3.11. The summed E-state index contributed by atoms with van der Waals surface area (Å²) in [5, 5.41) is 7.38. The van der Waals surface area contributed by atoms with E-state index in [1.165, 1.54) is 4.90 Å². The van der Waals surface area contributed by atoms with Crippen LogP contribution in [0, 0.1) is 13.8 Å². The first kappa shape index (κ1) is 22.3. The lowest BCUT2D eigenvalue weighted by Gasteiger charge is -2.21. The van der Waals surface area contributed by atoms with Gasteiger partial charge in [0.2, 0.25) is 5.91 Å². The molecule has 0 aliphatic rings. The van der Waals surface area contributed by atoms with Gasteiger partial charge in [0.05, 0.1) is 17.8 Å². The van der Waals surface area contributed by atoms with Gasteiger partial charge in [0, 0.05) is 24.0 Å². The number of benzene rings is 1. The molecule has 31 heavy (non-hydrogen) atoms. The van der Waals surface area contributed by atoms with Gasteiger partial charge in [-0.25, -0.2) is 9.67 Å². The Kier molecular flexibility index (Phi) is 6.91. The summed E-state index contributed by atoms with van der Waals surface area (Å²) in [5.41, 5.74) is 2.38. The van der Waals surface area contributed by atoms with E-state index in [2.05, 4.69) is 15.4 Å². The van der Waals surface area contributed by atoms with Crippen LogP contribution in [0.4, 0.5) is 5.69 Å². The Bertz CT molecular complexity index is 1110. The molecule has 3 aromatic rings. The van der Waals surface area contributed by atoms with Crippen LogP contribution < -0.4 is 10.1 Å². The predicted molar refractivity (Wildman–Crippen MR) is 119 cm³/mol. The van der Waals surface area contributed by atoms with Crippen molar-refractivity contribution in [1.29, 1.82) is 0 Å². The van der Waals surface area contributed by atoms with Crippen molar-refractivity contribution in [2.45, 2.75) is 20.8 Å². The zero-order chi connectivity index (χ0) is 22.5. The number of hydrogen-bond donors (Lipinski definition) is 1. The number of nitrogens with one attached hydrogen (secondary N) is 1. The van der Waals surface area contributed by atoms with Crippen molar-refractivity contribution in [3.63, 3.8) is 0 Å². The van der Waals surface area contributed by atoms with Gasteiger partial charge >= 0.3 is 0 Å². The normalized spacial score (nSPS) is 10.6. The molecule has 0 saturated carbocycles. The van der Waals surface area contributed by atoms with Crippen LogP contribution in [0.5, 0.6) is 5.75 Å². The third kappa shape index (κ3) is 5.21. The van der Waals surface area contributed by atoms with Crippen LogP contribution in [0.3, 0.4) is 0 Å². The van der Waals surface area contributed by atoms with Crippen LogP contribution in [0.15, 0.2) is 42.5 Å². The van der Waals surface area contributed by atoms with E-state index in [4.69, 9.17) is 16.3 Å². The van der Waals surface area contributed by atoms with Crippen LogP contribution in [0.25, 0.3) is 5.82 Å². The highest BCUT2D eigenvalue weighted by molar-refractivity contribution is 6.33. The number of ether oxygens (including phenoxy) is 1. The number of carbonyl (C=O) groups is 2. The maximum Gasteiger partial charge on any atom is 0.274 e. The molecule has 0 saturated heterocycles. The van der Waals surface area contributed by atoms with E-state index in [-0.39, 0.29) is 23.2 Å². The molecule has 2 amide bonds. The largest absolute Gasteiger partial charge is 0.497 e. The number of methoxy groups -OCH3 is 1. The Labute approximate surface area is 185 Å². The number of aryl methyl sites for hydroxylation is 2. The van der Waals surface area contributed by atoms with E-state index in [9.17, 15) is 9.59 Å². The summed E-state index contributed by atoms with van der Waals surface area (Å²) in [6.07, 6.45) is 0. The molecule has 8 nitrogen and oxygen atoms in total. The van der Waals surface area contributed by atoms with Gasteiger partial charge in [-0.2, -0.15) is 5.10 Å². The summed E-state index contributed by atoms with van der Waals surface area (Å²) in [4.78, 5) is 31.4. The SMILES string of the molecule is CCN(CC(=O)Nc1cccc(OC)c1)C(=O)c1nc(-n2nc(C)cc2C)ccc1Cl. The average Bonchev–Trinajstić information content (AvgIpc) is 3.09. The minimum Gasteiger partial charge on any atom is -0.497 e. The van der Waals surface area contributed by atoms with Crippen LogP contribution in [0.1, 0.15) is 28.8 Å². The van der Waals surface area contributed by atoms with Crippen molar-refractivity contribution >= 4 is 29.1 Å². The van der Waals surface area contributed by atoms with E-state index in [0.717, 1.165) is 11.4 Å². The van der Waals surface area contributed by atoms with Gasteiger partial charge in [0.15, 0.2) is 5.82 Å². The minimum absolute atomic E-state index is 0.0720. The first-order chi connectivity index (χ1) is 14.8. The van der Waals surface area contributed by atoms with Crippen molar-refractivity contribution in [3.8, 4) is 11.6 Å². The molecule has 0 spiro atoms. The standard InChI is InChI=1S/C22H24ClN5O3/c1-5-27(13-20(29)24-16-7-6-8-17(12-16)31-4)22(30)21-18(23)9-10-19(25-21)28-15(3)11-14(2)26-28/h6-12H,5,13H2,1-4H3,(H,24,29). The lowest BCUT2D eigenvalue weighted by Crippen LogP contribution is -2.38. The first-order valence-corrected chi connectivity index (χ1v) is 10.1. The molecule has 0 unspecified atom stereocenters. The lowest BCUT2D eigenvalue weighted by atomic mass is 10.2. The van der Waals surface area contributed by atoms with Gasteiger partial charge in [-0.3, -0.25) is 9.59 Å². The number of rotatable bonds is 7. The lowest BCUT2D eigenvalue weighted by molar-refractivity contribution is -0.116. The number of carbonyl (C=O) groups excluding carboxylic acids is 2. The Balaban J connectivity index is 1.79. The molecule has 1 N–H and O–H groups in total. The maximum absolute atomic E-state index is 13.1. The van der Waals surface area contributed by atoms with Crippen molar-refractivity contribution in [1.82, 2.24) is 19.7 Å². The Hall–Kier alpha value is -3.39. The smallest absolute Gasteiger partial charge is 0.274 e. The fraction of sp³-hybridized carbons (Fsp3) is 0.273. The Morgan fingerprint density at radius 3 is 2.61 bits per heavy atom. The second-order valence-corrected chi connectivity index (χ2v) is 7.35. The summed E-state index contributed by atoms with van der Waals surface area (Å²) < 4.78 is 6.81. The molecule has 0 fully saturated rings. The highest BCUT2D eigenvalue weighted by Crippen LogP contribution is 2.20. The molecule has 9 heteroatoms. The Morgan fingerprint density at radius 2 is 1.97 bits per heavy atom. The quantitative estimate of drug-likeness (QED) is 0.604. The van der Waals surface area contributed by atoms with Gasteiger partial charge in [-0.15, -0.1) is 0 Å². The zero-order valence-electron chi connectivity index (χ0n) is 17.8. The second-order valence-electron chi connectivity index (χ2n) is 6.94. The van der Waals surface area contributed by atoms with E-state index in [1.54, 1.807) is 55.1 Å². The van der Waals surface area contributed by atoms with E-state index >= 15 is 0 Å². The molecular weight excluding hydrogens is 418 g/mol. The molecule has 0 atom stereocenters. The van der Waals surface area contributed by atoms with Crippen molar-refractivity contribution in [3.05, 3.63) is 64.6 Å². The van der Waals surface area contributed by atoms with Gasteiger partial charge in [0.25, 0.3) is 5.91 Å². The molecule has 0 aliphatic carbocycles. The monoisotopic (exact) mass is 441 g/mol. The first-order valence-electron chi connectivity index (χ1n) is 9.75. The zero-order valence-corrected chi connectivity index (χ0v) is 18.6. The summed E-state index contributed by atoms with van der Waals surface area (Å²) in [5.74, 6) is 0.333. The fourth-order valence-corrected chi connectivity index (χ4v) is 3.30. The number of pyridine rings is 1.